The molecule has 6 heteroatoms. The van der Waals surface area contributed by atoms with Gasteiger partial charge in [0, 0.05) is 11.1 Å². The molecule has 0 unspecified atom stereocenters. The molecule has 2 aromatic carbocycles. The van der Waals surface area contributed by atoms with Crippen LogP contribution in [0.15, 0.2) is 48.5 Å². The van der Waals surface area contributed by atoms with Crippen LogP contribution in [0, 0.1) is 0 Å². The number of hydrogen-bond acceptors (Lipinski definition) is 4. The number of carboxylic acids is 2. The Hall–Kier alpha value is -3.28. The molecule has 0 aliphatic rings. The standard InChI is InChI=1S/C10H10O2.C8H6O4.CH4/c1-7(11)9-3-5-10(6-4-9)8(2)12;9-7(10)5-1-2-6(4-3-5)8(11)12;/h3-6H,1-2H3;1-4H,(H,9,10)(H,11,12);1H4. The minimum Gasteiger partial charge on any atom is -0.478 e. The predicted molar refractivity (Wildman–Crippen MR) is 93.5 cm³/mol. The lowest BCUT2D eigenvalue weighted by atomic mass is 10.1. The minimum atomic E-state index is -1.06. The highest BCUT2D eigenvalue weighted by Crippen LogP contribution is 2.05. The van der Waals surface area contributed by atoms with Gasteiger partial charge in [-0.2, -0.15) is 0 Å². The van der Waals surface area contributed by atoms with Gasteiger partial charge in [-0.3, -0.25) is 9.59 Å². The zero-order valence-electron chi connectivity index (χ0n) is 13.1. The van der Waals surface area contributed by atoms with E-state index in [2.05, 4.69) is 0 Å². The van der Waals surface area contributed by atoms with E-state index in [1.54, 1.807) is 24.3 Å². The number of hydrogen-bond donors (Lipinski definition) is 2. The largest absolute Gasteiger partial charge is 0.478 e. The molecule has 0 aromatic heterocycles. The second-order valence-electron chi connectivity index (χ2n) is 4.88. The van der Waals surface area contributed by atoms with E-state index < -0.39 is 11.9 Å². The number of aromatic carboxylic acids is 2. The van der Waals surface area contributed by atoms with Gasteiger partial charge in [0.1, 0.15) is 0 Å². The van der Waals surface area contributed by atoms with Crippen molar-refractivity contribution >= 4 is 23.5 Å². The van der Waals surface area contributed by atoms with Crippen LogP contribution in [-0.2, 0) is 0 Å². The van der Waals surface area contributed by atoms with Gasteiger partial charge >= 0.3 is 11.9 Å². The Kier molecular flexibility index (Phi) is 8.49. The third-order valence-corrected chi connectivity index (χ3v) is 3.08. The molecule has 2 aromatic rings. The maximum atomic E-state index is 10.8. The van der Waals surface area contributed by atoms with Crippen molar-refractivity contribution in [2.75, 3.05) is 0 Å². The fraction of sp³-hybridized carbons (Fsp3) is 0.158. The Morgan fingerprint density at radius 1 is 0.560 bits per heavy atom. The molecule has 0 spiro atoms. The van der Waals surface area contributed by atoms with Crippen molar-refractivity contribution in [3.8, 4) is 0 Å². The van der Waals surface area contributed by atoms with E-state index in [0.717, 1.165) is 0 Å². The summed E-state index contributed by atoms with van der Waals surface area (Å²) in [6.07, 6.45) is 0. The van der Waals surface area contributed by atoms with Crippen molar-refractivity contribution in [3.05, 3.63) is 70.8 Å². The molecule has 0 atom stereocenters. The second-order valence-corrected chi connectivity index (χ2v) is 4.88. The van der Waals surface area contributed by atoms with E-state index in [4.69, 9.17) is 10.2 Å². The van der Waals surface area contributed by atoms with Gasteiger partial charge in [0.2, 0.25) is 0 Å². The lowest BCUT2D eigenvalue weighted by molar-refractivity contribution is 0.0681. The van der Waals surface area contributed by atoms with Crippen molar-refractivity contribution in [3.63, 3.8) is 0 Å². The number of Topliss-reactive ketones (excluding diaryl/α,β-unsaturated/α-hetero) is 2. The second kappa shape index (κ2) is 9.77. The Morgan fingerprint density at radius 2 is 0.760 bits per heavy atom. The SMILES string of the molecule is C.CC(=O)c1ccc(C(C)=O)cc1.O=C(O)c1ccc(C(=O)O)cc1. The van der Waals surface area contributed by atoms with Gasteiger partial charge in [-0.15, -0.1) is 0 Å². The molecule has 0 saturated carbocycles. The normalized spacial score (nSPS) is 9.04. The summed E-state index contributed by atoms with van der Waals surface area (Å²) in [5.41, 5.74) is 1.44. The summed E-state index contributed by atoms with van der Waals surface area (Å²) in [5, 5.41) is 16.9. The van der Waals surface area contributed by atoms with Crippen molar-refractivity contribution in [1.29, 1.82) is 0 Å². The van der Waals surface area contributed by atoms with Crippen LogP contribution in [0.3, 0.4) is 0 Å². The van der Waals surface area contributed by atoms with Gasteiger partial charge in [-0.05, 0) is 38.1 Å². The van der Waals surface area contributed by atoms with Crippen LogP contribution >= 0.6 is 0 Å². The molecule has 2 rings (SSSR count). The van der Waals surface area contributed by atoms with Crippen molar-refractivity contribution < 1.29 is 29.4 Å². The van der Waals surface area contributed by atoms with Gasteiger partial charge in [0.15, 0.2) is 11.6 Å². The Balaban J connectivity index is 0.000000443. The van der Waals surface area contributed by atoms with E-state index in [1.807, 2.05) is 0 Å². The molecule has 0 amide bonds. The van der Waals surface area contributed by atoms with Crippen LogP contribution < -0.4 is 0 Å². The van der Waals surface area contributed by atoms with Gasteiger partial charge in [0.05, 0.1) is 11.1 Å². The first-order valence-corrected chi connectivity index (χ1v) is 6.91. The molecular formula is C19H20O6. The van der Waals surface area contributed by atoms with Crippen LogP contribution in [0.4, 0.5) is 0 Å². The van der Waals surface area contributed by atoms with Crippen LogP contribution in [0.2, 0.25) is 0 Å². The van der Waals surface area contributed by atoms with Crippen LogP contribution in [0.5, 0.6) is 0 Å². The van der Waals surface area contributed by atoms with E-state index in [9.17, 15) is 19.2 Å². The smallest absolute Gasteiger partial charge is 0.335 e. The zero-order valence-corrected chi connectivity index (χ0v) is 13.1. The molecule has 0 aliphatic heterocycles. The molecule has 0 aliphatic carbocycles. The van der Waals surface area contributed by atoms with Crippen LogP contribution in [0.25, 0.3) is 0 Å². The molecule has 0 fully saturated rings. The summed E-state index contributed by atoms with van der Waals surface area (Å²) < 4.78 is 0. The van der Waals surface area contributed by atoms with E-state index in [1.165, 1.54) is 38.1 Å². The van der Waals surface area contributed by atoms with E-state index in [0.29, 0.717) is 11.1 Å². The van der Waals surface area contributed by atoms with Gasteiger partial charge in [0.25, 0.3) is 0 Å². The first kappa shape index (κ1) is 21.7. The molecule has 132 valence electrons. The number of benzene rings is 2. The molecule has 0 bridgehead atoms. The number of carbonyl (C=O) groups is 4. The van der Waals surface area contributed by atoms with Crippen molar-refractivity contribution in [2.45, 2.75) is 21.3 Å². The lowest BCUT2D eigenvalue weighted by Crippen LogP contribution is -1.99. The van der Waals surface area contributed by atoms with Gasteiger partial charge in [-0.1, -0.05) is 31.7 Å². The van der Waals surface area contributed by atoms with Crippen molar-refractivity contribution in [1.82, 2.24) is 0 Å². The Morgan fingerprint density at radius 3 is 0.920 bits per heavy atom. The molecule has 2 N–H and O–H groups in total. The van der Waals surface area contributed by atoms with Crippen molar-refractivity contribution in [2.24, 2.45) is 0 Å². The summed E-state index contributed by atoms with van der Waals surface area (Å²) in [7, 11) is 0. The van der Waals surface area contributed by atoms with E-state index >= 15 is 0 Å². The summed E-state index contributed by atoms with van der Waals surface area (Å²) in [6, 6.07) is 11.7. The monoisotopic (exact) mass is 344 g/mol. The third kappa shape index (κ3) is 6.78. The fourth-order valence-electron chi connectivity index (χ4n) is 1.70. The summed E-state index contributed by atoms with van der Waals surface area (Å²) >= 11 is 0. The number of ketones is 2. The highest BCUT2D eigenvalue weighted by atomic mass is 16.4. The van der Waals surface area contributed by atoms with Crippen LogP contribution in [-0.4, -0.2) is 33.7 Å². The molecule has 0 saturated heterocycles. The number of carbonyl (C=O) groups excluding carboxylic acids is 2. The zero-order chi connectivity index (χ0) is 18.3. The quantitative estimate of drug-likeness (QED) is 0.816. The molecule has 0 radical (unpaired) electrons. The van der Waals surface area contributed by atoms with Crippen LogP contribution in [0.1, 0.15) is 62.7 Å². The molecular weight excluding hydrogens is 324 g/mol. The first-order valence-electron chi connectivity index (χ1n) is 6.91. The maximum absolute atomic E-state index is 10.8. The molecule has 25 heavy (non-hydrogen) atoms. The Labute approximate surface area is 145 Å². The minimum absolute atomic E-state index is 0. The van der Waals surface area contributed by atoms with E-state index in [-0.39, 0.29) is 30.1 Å². The average Bonchev–Trinajstić information content (AvgIpc) is 2.55. The molecule has 0 heterocycles. The summed E-state index contributed by atoms with van der Waals surface area (Å²) in [5.74, 6) is -2.09. The third-order valence-electron chi connectivity index (χ3n) is 3.08. The number of rotatable bonds is 4. The highest BCUT2D eigenvalue weighted by Gasteiger charge is 2.05. The van der Waals surface area contributed by atoms with Gasteiger partial charge < -0.3 is 10.2 Å². The fourth-order valence-corrected chi connectivity index (χ4v) is 1.70. The predicted octanol–water partition coefficient (Wildman–Crippen LogP) is 3.81. The Bertz CT molecular complexity index is 624. The number of carboxylic acid groups (broad SMARTS) is 2. The topological polar surface area (TPSA) is 109 Å². The maximum Gasteiger partial charge on any atom is 0.335 e. The molecule has 6 nitrogen and oxygen atoms in total. The highest BCUT2D eigenvalue weighted by molar-refractivity contribution is 5.97. The average molecular weight is 344 g/mol. The summed E-state index contributed by atoms with van der Waals surface area (Å²) in [4.78, 5) is 42.4. The lowest BCUT2D eigenvalue weighted by Gasteiger charge is -1.96. The van der Waals surface area contributed by atoms with Gasteiger partial charge in [-0.25, -0.2) is 9.59 Å². The summed E-state index contributed by atoms with van der Waals surface area (Å²) in [6.45, 7) is 3.01. The first-order chi connectivity index (χ1) is 11.2.